The zero-order valence-corrected chi connectivity index (χ0v) is 7.23. The van der Waals surface area contributed by atoms with Crippen molar-refractivity contribution in [3.63, 3.8) is 0 Å². The summed E-state index contributed by atoms with van der Waals surface area (Å²) in [5.74, 6) is 2.52. The van der Waals surface area contributed by atoms with Crippen LogP contribution in [0.25, 0.3) is 0 Å². The van der Waals surface area contributed by atoms with Crippen LogP contribution in [0.4, 0.5) is 0 Å². The van der Waals surface area contributed by atoms with Gasteiger partial charge in [-0.15, -0.1) is 12.3 Å². The van der Waals surface area contributed by atoms with Crippen LogP contribution in [0.3, 0.4) is 0 Å². The van der Waals surface area contributed by atoms with Gasteiger partial charge in [0.1, 0.15) is 0 Å². The van der Waals surface area contributed by atoms with Crippen LogP contribution in [-0.2, 0) is 4.74 Å². The van der Waals surface area contributed by atoms with E-state index < -0.39 is 0 Å². The zero-order chi connectivity index (χ0) is 8.36. The lowest BCUT2D eigenvalue weighted by atomic mass is 10.5. The van der Waals surface area contributed by atoms with Crippen molar-refractivity contribution in [3.8, 4) is 12.3 Å². The maximum Gasteiger partial charge on any atom is 0.0591 e. The van der Waals surface area contributed by atoms with Crippen molar-refractivity contribution < 1.29 is 4.74 Å². The molecule has 0 unspecified atom stereocenters. The third-order valence-corrected chi connectivity index (χ3v) is 1.24. The van der Waals surface area contributed by atoms with Crippen molar-refractivity contribution >= 4 is 0 Å². The van der Waals surface area contributed by atoms with Gasteiger partial charge in [-0.25, -0.2) is 0 Å². The first kappa shape index (κ1) is 10.5. The number of ether oxygens (including phenoxy) is 1. The predicted octanol–water partition coefficient (Wildman–Crippen LogP) is 1.03. The standard InChI is InChI=1S/C9H17NO/c1-3-5-8-11-9-7-10-6-4-2/h1,10H,4-9H2,2H3. The summed E-state index contributed by atoms with van der Waals surface area (Å²) in [6, 6.07) is 0. The highest BCUT2D eigenvalue weighted by Gasteiger charge is 1.85. The van der Waals surface area contributed by atoms with E-state index in [1.54, 1.807) is 0 Å². The van der Waals surface area contributed by atoms with Crippen LogP contribution in [0, 0.1) is 12.3 Å². The molecule has 0 rings (SSSR count). The minimum atomic E-state index is 0.685. The second kappa shape index (κ2) is 9.48. The van der Waals surface area contributed by atoms with Gasteiger partial charge in [0.15, 0.2) is 0 Å². The molecule has 1 N–H and O–H groups in total. The molecule has 64 valence electrons. The third kappa shape index (κ3) is 9.48. The molecule has 0 aliphatic heterocycles. The summed E-state index contributed by atoms with van der Waals surface area (Å²) in [6.07, 6.45) is 6.93. The first-order valence-electron chi connectivity index (χ1n) is 4.13. The van der Waals surface area contributed by atoms with Crippen molar-refractivity contribution in [1.82, 2.24) is 5.32 Å². The smallest absolute Gasteiger partial charge is 0.0591 e. The minimum absolute atomic E-state index is 0.685. The molecule has 0 saturated carbocycles. The molecule has 0 radical (unpaired) electrons. The van der Waals surface area contributed by atoms with Crippen LogP contribution in [0.5, 0.6) is 0 Å². The number of hydrogen-bond donors (Lipinski definition) is 1. The van der Waals surface area contributed by atoms with Crippen LogP contribution < -0.4 is 5.32 Å². The van der Waals surface area contributed by atoms with Gasteiger partial charge in [-0.1, -0.05) is 6.92 Å². The summed E-state index contributed by atoms with van der Waals surface area (Å²) in [5, 5.41) is 3.24. The fraction of sp³-hybridized carbons (Fsp3) is 0.778. The molecule has 0 fully saturated rings. The second-order valence-electron chi connectivity index (χ2n) is 2.32. The van der Waals surface area contributed by atoms with Gasteiger partial charge in [0, 0.05) is 13.0 Å². The molecular weight excluding hydrogens is 138 g/mol. The van der Waals surface area contributed by atoms with Crippen LogP contribution in [0.1, 0.15) is 19.8 Å². The van der Waals surface area contributed by atoms with Crippen LogP contribution in [0.15, 0.2) is 0 Å². The van der Waals surface area contributed by atoms with Crippen molar-refractivity contribution in [2.45, 2.75) is 19.8 Å². The van der Waals surface area contributed by atoms with Gasteiger partial charge in [0.05, 0.1) is 13.2 Å². The highest BCUT2D eigenvalue weighted by molar-refractivity contribution is 4.82. The normalized spacial score (nSPS) is 9.45. The first-order valence-corrected chi connectivity index (χ1v) is 4.13. The van der Waals surface area contributed by atoms with Crippen LogP contribution in [-0.4, -0.2) is 26.3 Å². The van der Waals surface area contributed by atoms with E-state index in [9.17, 15) is 0 Å². The zero-order valence-electron chi connectivity index (χ0n) is 7.23. The Kier molecular flexibility index (Phi) is 9.03. The number of terminal acetylenes is 1. The molecule has 0 atom stereocenters. The lowest BCUT2D eigenvalue weighted by molar-refractivity contribution is 0.142. The van der Waals surface area contributed by atoms with E-state index >= 15 is 0 Å². The van der Waals surface area contributed by atoms with E-state index in [1.165, 1.54) is 6.42 Å². The molecule has 0 aromatic heterocycles. The highest BCUT2D eigenvalue weighted by atomic mass is 16.5. The maximum atomic E-state index is 5.22. The Labute approximate surface area is 69.3 Å². The van der Waals surface area contributed by atoms with Gasteiger partial charge in [0.2, 0.25) is 0 Å². The SMILES string of the molecule is C#CCCOCCNCCC. The van der Waals surface area contributed by atoms with Crippen molar-refractivity contribution in [2.24, 2.45) is 0 Å². The van der Waals surface area contributed by atoms with Gasteiger partial charge in [-0.3, -0.25) is 0 Å². The van der Waals surface area contributed by atoms with Crippen LogP contribution >= 0.6 is 0 Å². The minimum Gasteiger partial charge on any atom is -0.379 e. The lowest BCUT2D eigenvalue weighted by Gasteiger charge is -2.02. The Morgan fingerprint density at radius 3 is 2.82 bits per heavy atom. The Hall–Kier alpha value is -0.520. The number of rotatable bonds is 7. The largest absolute Gasteiger partial charge is 0.379 e. The molecule has 0 aliphatic carbocycles. The molecule has 11 heavy (non-hydrogen) atoms. The first-order chi connectivity index (χ1) is 5.41. The molecule has 2 heteroatoms. The van der Waals surface area contributed by atoms with Crippen molar-refractivity contribution in [2.75, 3.05) is 26.3 Å². The van der Waals surface area contributed by atoms with E-state index in [1.807, 2.05) is 0 Å². The fourth-order valence-electron chi connectivity index (χ4n) is 0.679. The van der Waals surface area contributed by atoms with E-state index in [4.69, 9.17) is 11.2 Å². The average Bonchev–Trinajstić information content (AvgIpc) is 2.03. The summed E-state index contributed by atoms with van der Waals surface area (Å²) in [4.78, 5) is 0. The van der Waals surface area contributed by atoms with E-state index in [-0.39, 0.29) is 0 Å². The second-order valence-corrected chi connectivity index (χ2v) is 2.32. The number of hydrogen-bond acceptors (Lipinski definition) is 2. The molecule has 0 bridgehead atoms. The molecular formula is C9H17NO. The summed E-state index contributed by atoms with van der Waals surface area (Å²) in [6.45, 7) is 5.59. The average molecular weight is 155 g/mol. The lowest BCUT2D eigenvalue weighted by Crippen LogP contribution is -2.20. The van der Waals surface area contributed by atoms with Gasteiger partial charge in [-0.2, -0.15) is 0 Å². The molecule has 0 spiro atoms. The van der Waals surface area contributed by atoms with Gasteiger partial charge in [-0.05, 0) is 13.0 Å². The van der Waals surface area contributed by atoms with Crippen molar-refractivity contribution in [1.29, 1.82) is 0 Å². The molecule has 0 aromatic rings. The fourth-order valence-corrected chi connectivity index (χ4v) is 0.679. The maximum absolute atomic E-state index is 5.22. The number of nitrogens with one attached hydrogen (secondary N) is 1. The Morgan fingerprint density at radius 1 is 1.36 bits per heavy atom. The Balaban J connectivity index is 2.75. The van der Waals surface area contributed by atoms with Gasteiger partial charge < -0.3 is 10.1 Å². The Morgan fingerprint density at radius 2 is 2.18 bits per heavy atom. The van der Waals surface area contributed by atoms with E-state index in [0.29, 0.717) is 13.0 Å². The summed E-state index contributed by atoms with van der Waals surface area (Å²) >= 11 is 0. The monoisotopic (exact) mass is 155 g/mol. The summed E-state index contributed by atoms with van der Waals surface area (Å²) in [7, 11) is 0. The highest BCUT2D eigenvalue weighted by Crippen LogP contribution is 1.78. The van der Waals surface area contributed by atoms with Crippen molar-refractivity contribution in [3.05, 3.63) is 0 Å². The molecule has 2 nitrogen and oxygen atoms in total. The Bertz CT molecular complexity index is 107. The van der Waals surface area contributed by atoms with Crippen LogP contribution in [0.2, 0.25) is 0 Å². The molecule has 0 heterocycles. The molecule has 0 aromatic carbocycles. The van der Waals surface area contributed by atoms with Gasteiger partial charge in [0.25, 0.3) is 0 Å². The molecule has 0 amide bonds. The quantitative estimate of drug-likeness (QED) is 0.438. The van der Waals surface area contributed by atoms with E-state index in [2.05, 4.69) is 18.2 Å². The summed E-state index contributed by atoms with van der Waals surface area (Å²) < 4.78 is 5.22. The topological polar surface area (TPSA) is 21.3 Å². The van der Waals surface area contributed by atoms with E-state index in [0.717, 1.165) is 19.7 Å². The molecule has 0 aliphatic rings. The predicted molar refractivity (Wildman–Crippen MR) is 47.4 cm³/mol. The third-order valence-electron chi connectivity index (χ3n) is 1.24. The summed E-state index contributed by atoms with van der Waals surface area (Å²) in [5.41, 5.74) is 0. The van der Waals surface area contributed by atoms with Gasteiger partial charge >= 0.3 is 0 Å². The molecule has 0 saturated heterocycles.